The van der Waals surface area contributed by atoms with Crippen molar-refractivity contribution >= 4 is 11.8 Å². The molecule has 0 spiro atoms. The molecule has 2 unspecified atom stereocenters. The third kappa shape index (κ3) is 3.87. The van der Waals surface area contributed by atoms with E-state index in [2.05, 4.69) is 73.8 Å². The first-order chi connectivity index (χ1) is 9.72. The maximum absolute atomic E-state index is 3.45. The molecule has 0 bridgehead atoms. The lowest BCUT2D eigenvalue weighted by molar-refractivity contribution is 0.589. The van der Waals surface area contributed by atoms with Gasteiger partial charge in [0.05, 0.1) is 0 Å². The molecule has 0 amide bonds. The van der Waals surface area contributed by atoms with Crippen LogP contribution in [0.25, 0.3) is 0 Å². The summed E-state index contributed by atoms with van der Waals surface area (Å²) in [6, 6.07) is 19.7. The molecule has 20 heavy (non-hydrogen) atoms. The van der Waals surface area contributed by atoms with E-state index >= 15 is 0 Å². The van der Waals surface area contributed by atoms with Crippen LogP contribution in [0.1, 0.15) is 29.7 Å². The molecule has 0 aliphatic rings. The van der Waals surface area contributed by atoms with Crippen molar-refractivity contribution in [3.8, 4) is 0 Å². The Morgan fingerprint density at radius 2 is 1.65 bits per heavy atom. The lowest BCUT2D eigenvalue weighted by Crippen LogP contribution is -2.25. The zero-order valence-corrected chi connectivity index (χ0v) is 13.3. The summed E-state index contributed by atoms with van der Waals surface area (Å²) >= 11 is 2.01. The summed E-state index contributed by atoms with van der Waals surface area (Å²) in [5.41, 5.74) is 4.18. The smallest absolute Gasteiger partial charge is 0.0435 e. The highest BCUT2D eigenvalue weighted by Gasteiger charge is 2.17. The van der Waals surface area contributed by atoms with Gasteiger partial charge in [-0.05, 0) is 30.7 Å². The van der Waals surface area contributed by atoms with Crippen molar-refractivity contribution in [2.45, 2.75) is 30.9 Å². The molecule has 1 nitrogen and oxygen atoms in total. The lowest BCUT2D eigenvalue weighted by atomic mass is 10.0. The highest BCUT2D eigenvalue weighted by atomic mass is 32.2. The third-order valence-corrected chi connectivity index (χ3v) is 4.98. The normalized spacial score (nSPS) is 13.9. The Labute approximate surface area is 126 Å². The van der Waals surface area contributed by atoms with E-state index < -0.39 is 0 Å². The second-order valence-corrected chi connectivity index (χ2v) is 6.49. The minimum Gasteiger partial charge on any atom is -0.312 e. The zero-order valence-electron chi connectivity index (χ0n) is 12.5. The Kier molecular flexibility index (Phi) is 5.69. The maximum Gasteiger partial charge on any atom is 0.0435 e. The van der Waals surface area contributed by atoms with Gasteiger partial charge in [0.25, 0.3) is 0 Å². The molecule has 0 fully saturated rings. The van der Waals surface area contributed by atoms with E-state index in [1.54, 1.807) is 0 Å². The monoisotopic (exact) mass is 285 g/mol. The first-order valence-corrected chi connectivity index (χ1v) is 8.15. The van der Waals surface area contributed by atoms with E-state index in [4.69, 9.17) is 0 Å². The molecule has 0 saturated heterocycles. The van der Waals surface area contributed by atoms with Crippen molar-refractivity contribution in [3.63, 3.8) is 0 Å². The van der Waals surface area contributed by atoms with E-state index in [1.807, 2.05) is 18.8 Å². The van der Waals surface area contributed by atoms with E-state index in [0.717, 1.165) is 5.75 Å². The summed E-state index contributed by atoms with van der Waals surface area (Å²) < 4.78 is 0. The number of benzene rings is 2. The molecule has 0 radical (unpaired) electrons. The minimum atomic E-state index is 0.394. The van der Waals surface area contributed by atoms with Gasteiger partial charge in [0.2, 0.25) is 0 Å². The van der Waals surface area contributed by atoms with Gasteiger partial charge in [-0.1, -0.05) is 61.5 Å². The first-order valence-electron chi connectivity index (χ1n) is 7.10. The van der Waals surface area contributed by atoms with Crippen LogP contribution in [0.15, 0.2) is 54.6 Å². The van der Waals surface area contributed by atoms with Crippen LogP contribution in [0.2, 0.25) is 0 Å². The van der Waals surface area contributed by atoms with Gasteiger partial charge in [0, 0.05) is 17.0 Å². The van der Waals surface area contributed by atoms with Crippen molar-refractivity contribution in [1.29, 1.82) is 0 Å². The van der Waals surface area contributed by atoms with Crippen LogP contribution in [-0.4, -0.2) is 12.3 Å². The van der Waals surface area contributed by atoms with Crippen LogP contribution < -0.4 is 5.32 Å². The second kappa shape index (κ2) is 7.51. The van der Waals surface area contributed by atoms with Crippen molar-refractivity contribution in [2.75, 3.05) is 7.05 Å². The minimum absolute atomic E-state index is 0.394. The average molecular weight is 285 g/mol. The zero-order chi connectivity index (χ0) is 14.4. The maximum atomic E-state index is 3.45. The van der Waals surface area contributed by atoms with Crippen LogP contribution >= 0.6 is 11.8 Å². The summed E-state index contributed by atoms with van der Waals surface area (Å²) in [6.45, 7) is 4.49. The molecule has 2 aromatic carbocycles. The number of nitrogens with one attached hydrogen (secondary N) is 1. The topological polar surface area (TPSA) is 12.0 Å². The van der Waals surface area contributed by atoms with Crippen molar-refractivity contribution in [3.05, 3.63) is 71.3 Å². The predicted molar refractivity (Wildman–Crippen MR) is 90.2 cm³/mol. The average Bonchev–Trinajstić information content (AvgIpc) is 2.48. The molecule has 0 aromatic heterocycles. The van der Waals surface area contributed by atoms with Gasteiger partial charge < -0.3 is 5.32 Å². The van der Waals surface area contributed by atoms with Gasteiger partial charge in [0.15, 0.2) is 0 Å². The number of hydrogen-bond donors (Lipinski definition) is 1. The fourth-order valence-corrected chi connectivity index (χ4v) is 3.67. The van der Waals surface area contributed by atoms with E-state index in [1.165, 1.54) is 16.7 Å². The van der Waals surface area contributed by atoms with Crippen molar-refractivity contribution in [2.24, 2.45) is 0 Å². The fourth-order valence-electron chi connectivity index (χ4n) is 2.42. The van der Waals surface area contributed by atoms with Crippen molar-refractivity contribution < 1.29 is 0 Å². The summed E-state index contributed by atoms with van der Waals surface area (Å²) in [5.74, 6) is 1.07. The van der Waals surface area contributed by atoms with Crippen LogP contribution in [0, 0.1) is 6.92 Å². The molecule has 2 aromatic rings. The van der Waals surface area contributed by atoms with Gasteiger partial charge in [-0.2, -0.15) is 11.8 Å². The molecule has 2 heteroatoms. The summed E-state index contributed by atoms with van der Waals surface area (Å²) in [4.78, 5) is 0. The summed E-state index contributed by atoms with van der Waals surface area (Å²) in [6.07, 6.45) is 0. The van der Waals surface area contributed by atoms with E-state index in [-0.39, 0.29) is 0 Å². The molecular weight excluding hydrogens is 262 g/mol. The van der Waals surface area contributed by atoms with Gasteiger partial charge >= 0.3 is 0 Å². The Hall–Kier alpha value is -1.25. The molecule has 0 aliphatic carbocycles. The third-order valence-electron chi connectivity index (χ3n) is 3.70. The van der Waals surface area contributed by atoms with Crippen LogP contribution in [0.4, 0.5) is 0 Å². The molecule has 1 N–H and O–H groups in total. The van der Waals surface area contributed by atoms with Gasteiger partial charge in [-0.25, -0.2) is 0 Å². The van der Waals surface area contributed by atoms with E-state index in [0.29, 0.717) is 11.3 Å². The Morgan fingerprint density at radius 3 is 2.30 bits per heavy atom. The number of rotatable bonds is 6. The van der Waals surface area contributed by atoms with Gasteiger partial charge in [-0.3, -0.25) is 0 Å². The molecular formula is C18H23NS. The van der Waals surface area contributed by atoms with Crippen molar-refractivity contribution in [1.82, 2.24) is 5.32 Å². The molecule has 0 aliphatic heterocycles. The molecule has 2 rings (SSSR count). The lowest BCUT2D eigenvalue weighted by Gasteiger charge is -2.24. The fraction of sp³-hybridized carbons (Fsp3) is 0.333. The SMILES string of the molecule is CNC(c1ccccc1)C(C)SCc1ccccc1C. The van der Waals surface area contributed by atoms with Crippen LogP contribution in [0.3, 0.4) is 0 Å². The van der Waals surface area contributed by atoms with Gasteiger partial charge in [-0.15, -0.1) is 0 Å². The first kappa shape index (κ1) is 15.1. The summed E-state index contributed by atoms with van der Waals surface area (Å²) in [5, 5.41) is 3.98. The number of thioether (sulfide) groups is 1. The summed E-state index contributed by atoms with van der Waals surface area (Å²) in [7, 11) is 2.04. The quantitative estimate of drug-likeness (QED) is 0.834. The van der Waals surface area contributed by atoms with Gasteiger partial charge in [0.1, 0.15) is 0 Å². The standard InChI is InChI=1S/C18H23NS/c1-14-9-7-8-12-17(14)13-20-15(2)18(19-3)16-10-5-4-6-11-16/h4-12,15,18-19H,13H2,1-3H3. The molecule has 0 saturated carbocycles. The Morgan fingerprint density at radius 1 is 1.00 bits per heavy atom. The number of aryl methyl sites for hydroxylation is 1. The molecule has 106 valence electrons. The number of hydrogen-bond acceptors (Lipinski definition) is 2. The Balaban J connectivity index is 2.00. The van der Waals surface area contributed by atoms with Crippen LogP contribution in [-0.2, 0) is 5.75 Å². The highest BCUT2D eigenvalue weighted by Crippen LogP contribution is 2.29. The largest absolute Gasteiger partial charge is 0.312 e. The van der Waals surface area contributed by atoms with Crippen LogP contribution in [0.5, 0.6) is 0 Å². The molecule has 2 atom stereocenters. The van der Waals surface area contributed by atoms with E-state index in [9.17, 15) is 0 Å². The predicted octanol–water partition coefficient (Wildman–Crippen LogP) is 4.58. The Bertz CT molecular complexity index is 524. The second-order valence-electron chi connectivity index (χ2n) is 5.12. The highest BCUT2D eigenvalue weighted by molar-refractivity contribution is 7.99. The molecule has 0 heterocycles.